The van der Waals surface area contributed by atoms with Crippen LogP contribution in [-0.4, -0.2) is 39.8 Å². The fourth-order valence-electron chi connectivity index (χ4n) is 2.51. The molecule has 0 aliphatic rings. The maximum atomic E-state index is 13.7. The quantitative estimate of drug-likeness (QED) is 0.697. The first kappa shape index (κ1) is 21.0. The summed E-state index contributed by atoms with van der Waals surface area (Å²) < 4.78 is 34.4. The first-order valence-corrected chi connectivity index (χ1v) is 8.38. The van der Waals surface area contributed by atoms with Gasteiger partial charge >= 0.3 is 5.97 Å². The van der Waals surface area contributed by atoms with Crippen molar-refractivity contribution >= 4 is 17.6 Å². The summed E-state index contributed by atoms with van der Waals surface area (Å²) in [6.07, 6.45) is -0.108. The van der Waals surface area contributed by atoms with E-state index in [2.05, 4.69) is 5.32 Å². The Morgan fingerprint density at radius 3 is 2.18 bits per heavy atom. The van der Waals surface area contributed by atoms with Crippen molar-refractivity contribution < 1.29 is 32.9 Å². The minimum atomic E-state index is -0.638. The van der Waals surface area contributed by atoms with Crippen molar-refractivity contribution in [2.45, 2.75) is 13.3 Å². The highest BCUT2D eigenvalue weighted by atomic mass is 19.1. The summed E-state index contributed by atoms with van der Waals surface area (Å²) in [6.45, 7) is 1.20. The fourth-order valence-corrected chi connectivity index (χ4v) is 2.51. The van der Waals surface area contributed by atoms with Gasteiger partial charge in [-0.1, -0.05) is 6.07 Å². The normalized spacial score (nSPS) is 10.2. The summed E-state index contributed by atoms with van der Waals surface area (Å²) in [7, 11) is 4.41. The number of halogens is 1. The van der Waals surface area contributed by atoms with Crippen molar-refractivity contribution in [2.75, 3.05) is 33.3 Å². The van der Waals surface area contributed by atoms with Crippen LogP contribution >= 0.6 is 0 Å². The van der Waals surface area contributed by atoms with Gasteiger partial charge < -0.3 is 24.3 Å². The minimum absolute atomic E-state index is 0.0243. The van der Waals surface area contributed by atoms with Gasteiger partial charge in [-0.3, -0.25) is 9.59 Å². The number of aryl methyl sites for hydroxylation is 1. The lowest BCUT2D eigenvalue weighted by Crippen LogP contribution is -2.22. The number of ether oxygens (including phenoxy) is 4. The van der Waals surface area contributed by atoms with Crippen LogP contribution in [0.2, 0.25) is 0 Å². The van der Waals surface area contributed by atoms with Crippen molar-refractivity contribution in [3.05, 3.63) is 47.3 Å². The molecule has 0 aromatic heterocycles. The smallest absolute Gasteiger partial charge is 0.310 e. The van der Waals surface area contributed by atoms with Crippen LogP contribution < -0.4 is 19.5 Å². The van der Waals surface area contributed by atoms with E-state index < -0.39 is 24.3 Å². The Bertz CT molecular complexity index is 843. The number of carbonyl (C=O) groups excluding carboxylic acids is 2. The van der Waals surface area contributed by atoms with Gasteiger partial charge in [0.1, 0.15) is 5.82 Å². The van der Waals surface area contributed by atoms with Gasteiger partial charge in [0.25, 0.3) is 5.91 Å². The van der Waals surface area contributed by atoms with E-state index in [9.17, 15) is 14.0 Å². The van der Waals surface area contributed by atoms with Gasteiger partial charge in [-0.15, -0.1) is 0 Å². The molecule has 0 saturated carbocycles. The van der Waals surface area contributed by atoms with Crippen molar-refractivity contribution in [3.63, 3.8) is 0 Å². The molecular formula is C20H22FNO6. The number of hydrogen-bond acceptors (Lipinski definition) is 6. The number of hydrogen-bond donors (Lipinski definition) is 1. The molecule has 8 heteroatoms. The zero-order valence-electron chi connectivity index (χ0n) is 16.1. The third kappa shape index (κ3) is 5.35. The number of carbonyl (C=O) groups is 2. The molecule has 1 amide bonds. The van der Waals surface area contributed by atoms with Gasteiger partial charge in [0.05, 0.1) is 33.4 Å². The van der Waals surface area contributed by atoms with E-state index in [4.69, 9.17) is 18.9 Å². The van der Waals surface area contributed by atoms with Crippen LogP contribution in [0.3, 0.4) is 0 Å². The van der Waals surface area contributed by atoms with Gasteiger partial charge in [-0.25, -0.2) is 4.39 Å². The van der Waals surface area contributed by atoms with Crippen LogP contribution in [0.4, 0.5) is 10.1 Å². The number of rotatable bonds is 8. The predicted octanol–water partition coefficient (Wildman–Crippen LogP) is 2.88. The summed E-state index contributed by atoms with van der Waals surface area (Å²) >= 11 is 0. The average Bonchev–Trinajstić information content (AvgIpc) is 2.67. The van der Waals surface area contributed by atoms with E-state index in [-0.39, 0.29) is 12.1 Å². The topological polar surface area (TPSA) is 83.1 Å². The second-order valence-electron chi connectivity index (χ2n) is 5.90. The molecule has 0 heterocycles. The number of esters is 1. The van der Waals surface area contributed by atoms with Crippen LogP contribution in [-0.2, 0) is 20.7 Å². The monoisotopic (exact) mass is 391 g/mol. The van der Waals surface area contributed by atoms with E-state index in [0.29, 0.717) is 22.8 Å². The Labute approximate surface area is 162 Å². The molecule has 0 bridgehead atoms. The third-order valence-corrected chi connectivity index (χ3v) is 3.84. The van der Waals surface area contributed by atoms with Gasteiger partial charge in [-0.2, -0.15) is 0 Å². The second-order valence-corrected chi connectivity index (χ2v) is 5.90. The Morgan fingerprint density at radius 1 is 1.00 bits per heavy atom. The molecule has 0 radical (unpaired) electrons. The lowest BCUT2D eigenvalue weighted by molar-refractivity contribution is -0.146. The molecule has 2 aromatic rings. The van der Waals surface area contributed by atoms with Crippen molar-refractivity contribution in [1.29, 1.82) is 0 Å². The van der Waals surface area contributed by atoms with Gasteiger partial charge in [0.15, 0.2) is 18.1 Å². The highest BCUT2D eigenvalue weighted by molar-refractivity contribution is 5.93. The van der Waals surface area contributed by atoms with Gasteiger partial charge in [-0.05, 0) is 42.3 Å². The maximum Gasteiger partial charge on any atom is 0.310 e. The molecule has 0 unspecified atom stereocenters. The Morgan fingerprint density at radius 2 is 1.64 bits per heavy atom. The molecule has 0 saturated heterocycles. The van der Waals surface area contributed by atoms with Crippen molar-refractivity contribution in [1.82, 2.24) is 0 Å². The minimum Gasteiger partial charge on any atom is -0.493 e. The first-order valence-electron chi connectivity index (χ1n) is 8.38. The summed E-state index contributed by atoms with van der Waals surface area (Å²) in [6, 6.07) is 7.64. The molecule has 28 heavy (non-hydrogen) atoms. The van der Waals surface area contributed by atoms with E-state index >= 15 is 0 Å². The molecule has 2 aromatic carbocycles. The van der Waals surface area contributed by atoms with Crippen molar-refractivity contribution in [2.24, 2.45) is 0 Å². The molecule has 7 nitrogen and oxygen atoms in total. The van der Waals surface area contributed by atoms with Crippen LogP contribution in [0.25, 0.3) is 0 Å². The standard InChI is InChI=1S/C20H22FNO6/c1-12-5-6-15(14(21)7-12)22-18(23)11-28-19(24)10-13-8-16(25-2)20(27-4)17(9-13)26-3/h5-9H,10-11H2,1-4H3,(H,22,23). The first-order chi connectivity index (χ1) is 13.4. The molecule has 1 N–H and O–H groups in total. The molecule has 2 rings (SSSR count). The van der Waals surface area contributed by atoms with Crippen LogP contribution in [0.1, 0.15) is 11.1 Å². The second kappa shape index (κ2) is 9.59. The largest absolute Gasteiger partial charge is 0.493 e. The molecular weight excluding hydrogens is 369 g/mol. The lowest BCUT2D eigenvalue weighted by atomic mass is 10.1. The molecule has 0 spiro atoms. The number of amides is 1. The Kier molecular flexibility index (Phi) is 7.20. The van der Waals surface area contributed by atoms with Gasteiger partial charge in [0, 0.05) is 0 Å². The number of anilines is 1. The fraction of sp³-hybridized carbons (Fsp3) is 0.300. The summed E-state index contributed by atoms with van der Waals surface area (Å²) in [5.41, 5.74) is 1.31. The summed E-state index contributed by atoms with van der Waals surface area (Å²) in [4.78, 5) is 23.9. The Balaban J connectivity index is 1.96. The molecule has 0 atom stereocenters. The number of methoxy groups -OCH3 is 3. The lowest BCUT2D eigenvalue weighted by Gasteiger charge is -2.14. The molecule has 0 aliphatic heterocycles. The SMILES string of the molecule is COc1cc(CC(=O)OCC(=O)Nc2ccc(C)cc2F)cc(OC)c1OC. The van der Waals surface area contributed by atoms with Crippen LogP contribution in [0, 0.1) is 12.7 Å². The number of nitrogens with one attached hydrogen (secondary N) is 1. The third-order valence-electron chi connectivity index (χ3n) is 3.84. The highest BCUT2D eigenvalue weighted by Gasteiger charge is 2.16. The Hall–Kier alpha value is -3.29. The van der Waals surface area contributed by atoms with E-state index in [1.807, 2.05) is 0 Å². The summed E-state index contributed by atoms with van der Waals surface area (Å²) in [5, 5.41) is 2.36. The van der Waals surface area contributed by atoms with E-state index in [1.165, 1.54) is 33.5 Å². The van der Waals surface area contributed by atoms with Crippen molar-refractivity contribution in [3.8, 4) is 17.2 Å². The average molecular weight is 391 g/mol. The highest BCUT2D eigenvalue weighted by Crippen LogP contribution is 2.38. The zero-order chi connectivity index (χ0) is 20.7. The maximum absolute atomic E-state index is 13.7. The van der Waals surface area contributed by atoms with E-state index in [1.54, 1.807) is 25.1 Å². The van der Waals surface area contributed by atoms with Gasteiger partial charge in [0.2, 0.25) is 5.75 Å². The van der Waals surface area contributed by atoms with Crippen LogP contribution in [0.5, 0.6) is 17.2 Å². The number of benzene rings is 2. The van der Waals surface area contributed by atoms with Crippen LogP contribution in [0.15, 0.2) is 30.3 Å². The van der Waals surface area contributed by atoms with E-state index in [0.717, 1.165) is 5.56 Å². The summed E-state index contributed by atoms with van der Waals surface area (Å²) in [5.74, 6) is -0.622. The zero-order valence-corrected chi connectivity index (χ0v) is 16.1. The molecule has 0 fully saturated rings. The predicted molar refractivity (Wildman–Crippen MR) is 101 cm³/mol. The molecule has 150 valence electrons. The molecule has 0 aliphatic carbocycles.